The molecule has 0 saturated heterocycles. The van der Waals surface area contributed by atoms with Crippen molar-refractivity contribution in [1.82, 2.24) is 0 Å². The van der Waals surface area contributed by atoms with E-state index < -0.39 is 6.04 Å². The number of amides is 1. The minimum Gasteiger partial charge on any atom is -0.506 e. The number of hydrogen-bond donors (Lipinski definition) is 3. The smallest absolute Gasteiger partial charge is 0.241 e. The normalized spacial score (nSPS) is 11.5. The van der Waals surface area contributed by atoms with Crippen LogP contribution in [0.15, 0.2) is 18.2 Å². The van der Waals surface area contributed by atoms with Gasteiger partial charge in [-0.15, -0.1) is 12.4 Å². The van der Waals surface area contributed by atoms with E-state index in [-0.39, 0.29) is 29.8 Å². The molecule has 4 nitrogen and oxygen atoms in total. The van der Waals surface area contributed by atoms with Gasteiger partial charge in [0.05, 0.1) is 11.7 Å². The molecule has 18 heavy (non-hydrogen) atoms. The molecule has 0 fully saturated rings. The molecule has 0 aliphatic rings. The summed E-state index contributed by atoms with van der Waals surface area (Å²) in [7, 11) is 0. The first-order valence-electron chi connectivity index (χ1n) is 5.08. The van der Waals surface area contributed by atoms with E-state index in [2.05, 4.69) is 5.32 Å². The molecule has 7 heteroatoms. The maximum Gasteiger partial charge on any atom is 0.241 e. The summed E-state index contributed by atoms with van der Waals surface area (Å²) < 4.78 is 0. The number of benzene rings is 1. The van der Waals surface area contributed by atoms with Crippen LogP contribution in [0.3, 0.4) is 0 Å². The molecule has 1 amide bonds. The van der Waals surface area contributed by atoms with Gasteiger partial charge in [-0.25, -0.2) is 0 Å². The summed E-state index contributed by atoms with van der Waals surface area (Å²) in [5.41, 5.74) is 5.98. The highest BCUT2D eigenvalue weighted by Gasteiger charge is 2.14. The van der Waals surface area contributed by atoms with Crippen LogP contribution in [-0.2, 0) is 4.79 Å². The maximum absolute atomic E-state index is 11.7. The molecule has 1 aromatic carbocycles. The van der Waals surface area contributed by atoms with Gasteiger partial charge in [-0.2, -0.15) is 11.8 Å². The van der Waals surface area contributed by atoms with E-state index in [4.69, 9.17) is 17.3 Å². The third-order valence-electron chi connectivity index (χ3n) is 2.19. The number of phenolic OH excluding ortho intramolecular Hbond substituents is 1. The fraction of sp³-hybridized carbons (Fsp3) is 0.364. The lowest BCUT2D eigenvalue weighted by atomic mass is 10.2. The van der Waals surface area contributed by atoms with Crippen molar-refractivity contribution in [3.05, 3.63) is 23.2 Å². The van der Waals surface area contributed by atoms with Crippen LogP contribution in [-0.4, -0.2) is 29.1 Å². The second-order valence-electron chi connectivity index (χ2n) is 3.54. The fourth-order valence-corrected chi connectivity index (χ4v) is 1.87. The summed E-state index contributed by atoms with van der Waals surface area (Å²) in [5.74, 6) is 0.465. The van der Waals surface area contributed by atoms with Crippen LogP contribution in [0.1, 0.15) is 6.42 Å². The number of aromatic hydroxyl groups is 1. The lowest BCUT2D eigenvalue weighted by molar-refractivity contribution is -0.117. The molecule has 0 spiro atoms. The highest BCUT2D eigenvalue weighted by molar-refractivity contribution is 7.98. The average Bonchev–Trinajstić information content (AvgIpc) is 2.30. The van der Waals surface area contributed by atoms with E-state index in [9.17, 15) is 9.90 Å². The zero-order chi connectivity index (χ0) is 12.8. The van der Waals surface area contributed by atoms with Crippen molar-refractivity contribution in [2.75, 3.05) is 17.3 Å². The highest BCUT2D eigenvalue weighted by atomic mass is 35.5. The molecule has 0 saturated carbocycles. The number of phenols is 1. The molecular weight excluding hydrogens is 295 g/mol. The number of nitrogens with two attached hydrogens (primary N) is 1. The Labute approximate surface area is 122 Å². The molecule has 1 aromatic rings. The van der Waals surface area contributed by atoms with Crippen molar-refractivity contribution in [1.29, 1.82) is 0 Å². The summed E-state index contributed by atoms with van der Waals surface area (Å²) in [5, 5.41) is 12.5. The molecule has 0 aliphatic carbocycles. The molecule has 1 atom stereocenters. The Bertz CT molecular complexity index is 405. The quantitative estimate of drug-likeness (QED) is 0.730. The van der Waals surface area contributed by atoms with E-state index in [1.54, 1.807) is 17.8 Å². The molecule has 0 aliphatic heterocycles. The Balaban J connectivity index is 0.00000289. The van der Waals surface area contributed by atoms with Gasteiger partial charge in [0.2, 0.25) is 5.91 Å². The molecule has 102 valence electrons. The second-order valence-corrected chi connectivity index (χ2v) is 4.96. The SMILES string of the molecule is CSCCC(N)C(=O)Nc1cc(Cl)ccc1O.Cl. The maximum atomic E-state index is 11.7. The van der Waals surface area contributed by atoms with Gasteiger partial charge in [-0.1, -0.05) is 11.6 Å². The Hall–Kier alpha value is -0.620. The molecule has 1 rings (SSSR count). The molecule has 1 unspecified atom stereocenters. The fourth-order valence-electron chi connectivity index (χ4n) is 1.21. The predicted octanol–water partition coefficient (Wildman–Crippen LogP) is 2.49. The number of thioether (sulfide) groups is 1. The first kappa shape index (κ1) is 17.4. The van der Waals surface area contributed by atoms with Crippen molar-refractivity contribution in [3.8, 4) is 5.75 Å². The van der Waals surface area contributed by atoms with Crippen molar-refractivity contribution in [3.63, 3.8) is 0 Å². The monoisotopic (exact) mass is 310 g/mol. The minimum absolute atomic E-state index is 0. The lowest BCUT2D eigenvalue weighted by Gasteiger charge is -2.12. The third-order valence-corrected chi connectivity index (χ3v) is 3.07. The van der Waals surface area contributed by atoms with Crippen molar-refractivity contribution < 1.29 is 9.90 Å². The van der Waals surface area contributed by atoms with E-state index in [1.165, 1.54) is 12.1 Å². The number of anilines is 1. The van der Waals surface area contributed by atoms with E-state index in [1.807, 2.05) is 6.26 Å². The first-order chi connectivity index (χ1) is 8.04. The zero-order valence-corrected chi connectivity index (χ0v) is 12.2. The Kier molecular flexibility index (Phi) is 8.18. The van der Waals surface area contributed by atoms with Crippen LogP contribution in [0, 0.1) is 0 Å². The van der Waals surface area contributed by atoms with Crippen LogP contribution in [0.4, 0.5) is 5.69 Å². The van der Waals surface area contributed by atoms with Gasteiger partial charge in [0.25, 0.3) is 0 Å². The number of carbonyl (C=O) groups is 1. The summed E-state index contributed by atoms with van der Waals surface area (Å²) in [4.78, 5) is 11.7. The molecular formula is C11H16Cl2N2O2S. The van der Waals surface area contributed by atoms with Gasteiger partial charge in [0.15, 0.2) is 0 Å². The number of hydrogen-bond acceptors (Lipinski definition) is 4. The summed E-state index contributed by atoms with van der Waals surface area (Å²) in [6.45, 7) is 0. The van der Waals surface area contributed by atoms with Crippen LogP contribution in [0.2, 0.25) is 5.02 Å². The summed E-state index contributed by atoms with van der Waals surface area (Å²) in [6.07, 6.45) is 2.54. The van der Waals surface area contributed by atoms with Gasteiger partial charge in [0, 0.05) is 5.02 Å². The third kappa shape index (κ3) is 5.35. The Morgan fingerprint density at radius 2 is 2.28 bits per heavy atom. The minimum atomic E-state index is -0.583. The van der Waals surface area contributed by atoms with E-state index in [0.29, 0.717) is 11.4 Å². The number of rotatable bonds is 5. The van der Waals surface area contributed by atoms with Crippen LogP contribution in [0.25, 0.3) is 0 Å². The van der Waals surface area contributed by atoms with Crippen LogP contribution >= 0.6 is 35.8 Å². The topological polar surface area (TPSA) is 75.4 Å². The summed E-state index contributed by atoms with van der Waals surface area (Å²) >= 11 is 7.40. The van der Waals surface area contributed by atoms with Crippen molar-refractivity contribution in [2.45, 2.75) is 12.5 Å². The second kappa shape index (κ2) is 8.48. The van der Waals surface area contributed by atoms with Gasteiger partial charge < -0.3 is 16.2 Å². The zero-order valence-electron chi connectivity index (χ0n) is 9.85. The molecule has 0 aromatic heterocycles. The van der Waals surface area contributed by atoms with Crippen molar-refractivity contribution >= 4 is 47.4 Å². The molecule has 0 heterocycles. The molecule has 0 bridgehead atoms. The van der Waals surface area contributed by atoms with Crippen LogP contribution in [0.5, 0.6) is 5.75 Å². The van der Waals surface area contributed by atoms with E-state index >= 15 is 0 Å². The van der Waals surface area contributed by atoms with E-state index in [0.717, 1.165) is 5.75 Å². The highest BCUT2D eigenvalue weighted by Crippen LogP contribution is 2.26. The lowest BCUT2D eigenvalue weighted by Crippen LogP contribution is -2.36. The summed E-state index contributed by atoms with van der Waals surface area (Å²) in [6, 6.07) is 3.86. The van der Waals surface area contributed by atoms with Gasteiger partial charge in [-0.3, -0.25) is 4.79 Å². The predicted molar refractivity (Wildman–Crippen MR) is 80.0 cm³/mol. The van der Waals surface area contributed by atoms with Gasteiger partial charge in [0.1, 0.15) is 5.75 Å². The van der Waals surface area contributed by atoms with Crippen molar-refractivity contribution in [2.24, 2.45) is 5.73 Å². The van der Waals surface area contributed by atoms with Gasteiger partial charge >= 0.3 is 0 Å². The Morgan fingerprint density at radius 1 is 1.61 bits per heavy atom. The standard InChI is InChI=1S/C11H15ClN2O2S.ClH/c1-17-5-4-8(13)11(16)14-9-6-7(12)2-3-10(9)15;/h2-3,6,8,15H,4-5,13H2,1H3,(H,14,16);1H. The number of carbonyl (C=O) groups excluding carboxylic acids is 1. The van der Waals surface area contributed by atoms with Gasteiger partial charge in [-0.05, 0) is 36.6 Å². The largest absolute Gasteiger partial charge is 0.506 e. The Morgan fingerprint density at radius 3 is 2.89 bits per heavy atom. The number of nitrogens with one attached hydrogen (secondary N) is 1. The van der Waals surface area contributed by atoms with Crippen LogP contribution < -0.4 is 11.1 Å². The number of halogens is 2. The molecule has 4 N–H and O–H groups in total. The molecule has 0 radical (unpaired) electrons. The average molecular weight is 311 g/mol. The first-order valence-corrected chi connectivity index (χ1v) is 6.85.